The van der Waals surface area contributed by atoms with Gasteiger partial charge in [-0.3, -0.25) is 0 Å². The largest absolute Gasteiger partial charge is 0.393 e. The van der Waals surface area contributed by atoms with Crippen LogP contribution in [0.25, 0.3) is 0 Å². The minimum Gasteiger partial charge on any atom is -0.393 e. The molecule has 0 radical (unpaired) electrons. The van der Waals surface area contributed by atoms with Gasteiger partial charge in [0.1, 0.15) is 0 Å². The van der Waals surface area contributed by atoms with Crippen LogP contribution < -0.4 is 0 Å². The summed E-state index contributed by atoms with van der Waals surface area (Å²) in [6.07, 6.45) is 11.7. The van der Waals surface area contributed by atoms with Crippen molar-refractivity contribution in [2.75, 3.05) is 0 Å². The van der Waals surface area contributed by atoms with Crippen molar-refractivity contribution in [2.24, 2.45) is 17.8 Å². The maximum atomic E-state index is 10.3. The van der Waals surface area contributed by atoms with Gasteiger partial charge in [0.15, 0.2) is 0 Å². The quantitative estimate of drug-likeness (QED) is 0.679. The smallest absolute Gasteiger partial charge is 0.0593 e. The lowest BCUT2D eigenvalue weighted by molar-refractivity contribution is 0.0281. The van der Waals surface area contributed by atoms with Crippen LogP contribution in [-0.2, 0) is 0 Å². The molecule has 1 fully saturated rings. The Morgan fingerprint density at radius 2 is 1.71 bits per heavy atom. The number of unbranched alkanes of at least 4 members (excludes halogenated alkanes) is 1. The lowest BCUT2D eigenvalue weighted by Crippen LogP contribution is -2.30. The van der Waals surface area contributed by atoms with Crippen molar-refractivity contribution in [3.05, 3.63) is 0 Å². The van der Waals surface area contributed by atoms with E-state index in [0.717, 1.165) is 5.92 Å². The molecule has 0 aliphatic heterocycles. The first-order valence-electron chi connectivity index (χ1n) is 7.87. The summed E-state index contributed by atoms with van der Waals surface area (Å²) in [5.41, 5.74) is 0. The van der Waals surface area contributed by atoms with E-state index in [2.05, 4.69) is 20.8 Å². The number of rotatable bonds is 7. The molecule has 0 saturated heterocycles. The Balaban J connectivity index is 2.25. The average Bonchev–Trinajstić information content (AvgIpc) is 2.36. The molecule has 0 aromatic rings. The zero-order chi connectivity index (χ0) is 12.7. The Morgan fingerprint density at radius 3 is 2.24 bits per heavy atom. The number of aliphatic hydroxyl groups is 1. The van der Waals surface area contributed by atoms with Crippen LogP contribution in [0.1, 0.15) is 78.6 Å². The van der Waals surface area contributed by atoms with Crippen molar-refractivity contribution in [3.8, 4) is 0 Å². The van der Waals surface area contributed by atoms with Crippen molar-refractivity contribution in [3.63, 3.8) is 0 Å². The Bertz CT molecular complexity index is 182. The molecule has 17 heavy (non-hydrogen) atoms. The highest BCUT2D eigenvalue weighted by Gasteiger charge is 2.28. The van der Waals surface area contributed by atoms with Crippen LogP contribution in [0.3, 0.4) is 0 Å². The fourth-order valence-corrected chi connectivity index (χ4v) is 3.40. The van der Waals surface area contributed by atoms with E-state index in [1.54, 1.807) is 0 Å². The molecular formula is C16H32O. The van der Waals surface area contributed by atoms with Crippen LogP contribution in [0, 0.1) is 17.8 Å². The molecule has 0 amide bonds. The topological polar surface area (TPSA) is 20.2 Å². The predicted octanol–water partition coefficient (Wildman–Crippen LogP) is 4.78. The first kappa shape index (κ1) is 15.0. The van der Waals surface area contributed by atoms with Crippen LogP contribution in [0.15, 0.2) is 0 Å². The predicted molar refractivity (Wildman–Crippen MR) is 75.1 cm³/mol. The molecule has 102 valence electrons. The van der Waals surface area contributed by atoms with Crippen LogP contribution in [0.4, 0.5) is 0 Å². The summed E-state index contributed by atoms with van der Waals surface area (Å²) in [5, 5.41) is 10.3. The highest BCUT2D eigenvalue weighted by molar-refractivity contribution is 4.80. The Labute approximate surface area is 108 Å². The normalized spacial score (nSPS) is 28.9. The van der Waals surface area contributed by atoms with Gasteiger partial charge >= 0.3 is 0 Å². The molecule has 0 aromatic carbocycles. The molecule has 2 atom stereocenters. The van der Waals surface area contributed by atoms with Gasteiger partial charge in [-0.05, 0) is 37.0 Å². The van der Waals surface area contributed by atoms with Gasteiger partial charge in [-0.1, -0.05) is 59.3 Å². The summed E-state index contributed by atoms with van der Waals surface area (Å²) in [7, 11) is 0. The van der Waals surface area contributed by atoms with Crippen molar-refractivity contribution < 1.29 is 5.11 Å². The zero-order valence-corrected chi connectivity index (χ0v) is 12.1. The third-order valence-corrected chi connectivity index (χ3v) is 4.67. The van der Waals surface area contributed by atoms with E-state index in [-0.39, 0.29) is 6.10 Å². The van der Waals surface area contributed by atoms with Gasteiger partial charge in [0.05, 0.1) is 6.10 Å². The summed E-state index contributed by atoms with van der Waals surface area (Å²) >= 11 is 0. The average molecular weight is 240 g/mol. The van der Waals surface area contributed by atoms with Crippen LogP contribution in [-0.4, -0.2) is 11.2 Å². The van der Waals surface area contributed by atoms with Gasteiger partial charge in [-0.15, -0.1) is 0 Å². The van der Waals surface area contributed by atoms with Gasteiger partial charge in [-0.2, -0.15) is 0 Å². The summed E-state index contributed by atoms with van der Waals surface area (Å²) in [4.78, 5) is 0. The van der Waals surface area contributed by atoms with Crippen LogP contribution in [0.2, 0.25) is 0 Å². The van der Waals surface area contributed by atoms with E-state index in [0.29, 0.717) is 11.8 Å². The number of hydrogen-bond acceptors (Lipinski definition) is 1. The molecule has 1 aliphatic rings. The Hall–Kier alpha value is -0.0400. The maximum Gasteiger partial charge on any atom is 0.0593 e. The Morgan fingerprint density at radius 1 is 1.06 bits per heavy atom. The van der Waals surface area contributed by atoms with Crippen molar-refractivity contribution in [2.45, 2.75) is 84.7 Å². The Kier molecular flexibility index (Phi) is 7.18. The highest BCUT2D eigenvalue weighted by Crippen LogP contribution is 2.35. The van der Waals surface area contributed by atoms with Gasteiger partial charge in [0.2, 0.25) is 0 Å². The first-order valence-corrected chi connectivity index (χ1v) is 7.87. The molecule has 0 spiro atoms. The summed E-state index contributed by atoms with van der Waals surface area (Å²) in [6, 6.07) is 0. The second-order valence-corrected chi connectivity index (χ2v) is 6.18. The molecule has 1 N–H and O–H groups in total. The number of hydrogen-bond donors (Lipinski definition) is 1. The molecule has 2 unspecified atom stereocenters. The minimum absolute atomic E-state index is 0.0397. The fourth-order valence-electron chi connectivity index (χ4n) is 3.40. The standard InChI is InChI=1S/C16H32O/c1-4-6-8-14-9-11-15(12-10-14)16(17)13(3)7-5-2/h13-17H,4-12H2,1-3H3. The van der Waals surface area contributed by atoms with Crippen LogP contribution in [0.5, 0.6) is 0 Å². The zero-order valence-electron chi connectivity index (χ0n) is 12.1. The van der Waals surface area contributed by atoms with Gasteiger partial charge in [0, 0.05) is 0 Å². The molecular weight excluding hydrogens is 208 g/mol. The van der Waals surface area contributed by atoms with Gasteiger partial charge in [0.25, 0.3) is 0 Å². The molecule has 0 heterocycles. The summed E-state index contributed by atoms with van der Waals surface area (Å²) in [5.74, 6) is 2.05. The third kappa shape index (κ3) is 4.99. The lowest BCUT2D eigenvalue weighted by atomic mass is 9.75. The van der Waals surface area contributed by atoms with E-state index in [9.17, 15) is 5.11 Å². The maximum absolute atomic E-state index is 10.3. The molecule has 1 nitrogen and oxygen atoms in total. The monoisotopic (exact) mass is 240 g/mol. The molecule has 1 saturated carbocycles. The number of aliphatic hydroxyl groups excluding tert-OH is 1. The molecule has 1 heteroatoms. The summed E-state index contributed by atoms with van der Waals surface area (Å²) in [6.45, 7) is 6.71. The molecule has 1 aliphatic carbocycles. The second kappa shape index (κ2) is 8.13. The van der Waals surface area contributed by atoms with Crippen molar-refractivity contribution in [1.29, 1.82) is 0 Å². The van der Waals surface area contributed by atoms with E-state index in [1.807, 2.05) is 0 Å². The van der Waals surface area contributed by atoms with E-state index in [1.165, 1.54) is 57.8 Å². The van der Waals surface area contributed by atoms with Gasteiger partial charge < -0.3 is 5.11 Å². The molecule has 0 bridgehead atoms. The van der Waals surface area contributed by atoms with Gasteiger partial charge in [-0.25, -0.2) is 0 Å². The second-order valence-electron chi connectivity index (χ2n) is 6.18. The van der Waals surface area contributed by atoms with E-state index >= 15 is 0 Å². The first-order chi connectivity index (χ1) is 8.19. The summed E-state index contributed by atoms with van der Waals surface area (Å²) < 4.78 is 0. The van der Waals surface area contributed by atoms with Crippen molar-refractivity contribution >= 4 is 0 Å². The lowest BCUT2D eigenvalue weighted by Gasteiger charge is -2.34. The third-order valence-electron chi connectivity index (χ3n) is 4.67. The van der Waals surface area contributed by atoms with E-state index < -0.39 is 0 Å². The SMILES string of the molecule is CCCCC1CCC(C(O)C(C)CCC)CC1. The van der Waals surface area contributed by atoms with Crippen LogP contribution >= 0.6 is 0 Å². The molecule has 0 aromatic heterocycles. The minimum atomic E-state index is -0.0397. The molecule has 1 rings (SSSR count). The van der Waals surface area contributed by atoms with Crippen molar-refractivity contribution in [1.82, 2.24) is 0 Å². The van der Waals surface area contributed by atoms with E-state index in [4.69, 9.17) is 0 Å². The highest BCUT2D eigenvalue weighted by atomic mass is 16.3. The fraction of sp³-hybridized carbons (Fsp3) is 1.00.